The summed E-state index contributed by atoms with van der Waals surface area (Å²) < 4.78 is 4.97. The van der Waals surface area contributed by atoms with Crippen LogP contribution in [0.3, 0.4) is 0 Å². The van der Waals surface area contributed by atoms with Crippen LogP contribution in [-0.4, -0.2) is 67.4 Å². The minimum absolute atomic E-state index is 0.453. The van der Waals surface area contributed by atoms with Crippen molar-refractivity contribution in [3.63, 3.8) is 0 Å². The van der Waals surface area contributed by atoms with Crippen molar-refractivity contribution in [2.75, 3.05) is 12.4 Å². The Bertz CT molecular complexity index is 213. The van der Waals surface area contributed by atoms with Crippen LogP contribution < -0.4 is 0 Å². The Kier molecular flexibility index (Phi) is 4.36. The lowest BCUT2D eigenvalue weighted by molar-refractivity contribution is -0.305. The molecule has 0 bridgehead atoms. The fraction of sp³-hybridized carbons (Fsp3) is 1.00. The molecule has 1 saturated heterocycles. The van der Waals surface area contributed by atoms with Gasteiger partial charge in [-0.25, -0.2) is 0 Å². The number of aliphatic hydroxyl groups is 5. The first-order valence-corrected chi connectivity index (χ1v) is 5.64. The van der Waals surface area contributed by atoms with Crippen LogP contribution in [0.2, 0.25) is 0 Å². The largest absolute Gasteiger partial charge is 0.394 e. The SMILES string of the molecule is CCS[C@]1(O)O[C@H](CO)[C@@H](O)[C@H](O)[C@H]1O. The van der Waals surface area contributed by atoms with Crippen LogP contribution in [0.15, 0.2) is 0 Å². The number of aliphatic hydroxyl groups excluding tert-OH is 4. The average Bonchev–Trinajstić information content (AvgIpc) is 2.21. The molecule has 1 rings (SSSR count). The first-order valence-electron chi connectivity index (χ1n) is 4.65. The third-order valence-electron chi connectivity index (χ3n) is 2.28. The number of ether oxygens (including phenoxy) is 1. The number of hydrogen-bond acceptors (Lipinski definition) is 7. The van der Waals surface area contributed by atoms with Gasteiger partial charge in [0, 0.05) is 0 Å². The Morgan fingerprint density at radius 3 is 2.33 bits per heavy atom. The Labute approximate surface area is 91.5 Å². The molecule has 0 unspecified atom stereocenters. The maximum atomic E-state index is 9.84. The van der Waals surface area contributed by atoms with Crippen molar-refractivity contribution in [2.24, 2.45) is 0 Å². The van der Waals surface area contributed by atoms with Crippen LogP contribution in [0.4, 0.5) is 0 Å². The van der Waals surface area contributed by atoms with Gasteiger partial charge in [-0.2, -0.15) is 0 Å². The first kappa shape index (κ1) is 13.2. The van der Waals surface area contributed by atoms with Gasteiger partial charge in [0.25, 0.3) is 0 Å². The third kappa shape index (κ3) is 2.44. The van der Waals surface area contributed by atoms with Crippen LogP contribution in [0, 0.1) is 0 Å². The second kappa shape index (κ2) is 4.96. The predicted molar refractivity (Wildman–Crippen MR) is 53.1 cm³/mol. The summed E-state index contributed by atoms with van der Waals surface area (Å²) in [7, 11) is 0. The summed E-state index contributed by atoms with van der Waals surface area (Å²) in [6, 6.07) is 0. The van der Waals surface area contributed by atoms with E-state index in [2.05, 4.69) is 0 Å². The second-order valence-corrected chi connectivity index (χ2v) is 4.78. The topological polar surface area (TPSA) is 110 Å². The van der Waals surface area contributed by atoms with Gasteiger partial charge in [-0.3, -0.25) is 0 Å². The lowest BCUT2D eigenvalue weighted by Crippen LogP contribution is -2.63. The fourth-order valence-corrected chi connectivity index (χ4v) is 2.37. The van der Waals surface area contributed by atoms with Crippen LogP contribution in [0.1, 0.15) is 6.92 Å². The monoisotopic (exact) mass is 240 g/mol. The van der Waals surface area contributed by atoms with Crippen molar-refractivity contribution < 1.29 is 30.3 Å². The van der Waals surface area contributed by atoms with Gasteiger partial charge in [-0.15, -0.1) is 0 Å². The molecule has 0 radical (unpaired) electrons. The fourth-order valence-electron chi connectivity index (χ4n) is 1.45. The van der Waals surface area contributed by atoms with Crippen LogP contribution in [0.5, 0.6) is 0 Å². The standard InChI is InChI=1S/C8H16O6S/c1-2-15-8(13)7(12)6(11)5(10)4(3-9)14-8/h4-7,9-13H,2-3H2,1H3/t4-,5-,6+,7-,8-/m1/s1. The van der Waals surface area contributed by atoms with Crippen molar-refractivity contribution in [1.29, 1.82) is 0 Å². The van der Waals surface area contributed by atoms with Gasteiger partial charge >= 0.3 is 0 Å². The minimum atomic E-state index is -1.99. The maximum Gasteiger partial charge on any atom is 0.245 e. The summed E-state index contributed by atoms with van der Waals surface area (Å²) in [5, 5.41) is 45.1. The zero-order valence-corrected chi connectivity index (χ0v) is 9.09. The molecular weight excluding hydrogens is 224 g/mol. The predicted octanol–water partition coefficient (Wildman–Crippen LogP) is -2.14. The second-order valence-electron chi connectivity index (χ2n) is 3.33. The summed E-state index contributed by atoms with van der Waals surface area (Å²) in [6.45, 7) is 1.20. The van der Waals surface area contributed by atoms with E-state index < -0.39 is 36.1 Å². The van der Waals surface area contributed by atoms with E-state index in [1.807, 2.05) is 0 Å². The van der Waals surface area contributed by atoms with E-state index in [1.54, 1.807) is 6.92 Å². The molecule has 5 N–H and O–H groups in total. The number of hydrogen-bond donors (Lipinski definition) is 5. The first-order chi connectivity index (χ1) is 6.96. The number of rotatable bonds is 3. The molecule has 7 heteroatoms. The minimum Gasteiger partial charge on any atom is -0.394 e. The maximum absolute atomic E-state index is 9.84. The molecule has 5 atom stereocenters. The Morgan fingerprint density at radius 1 is 1.27 bits per heavy atom. The van der Waals surface area contributed by atoms with E-state index in [0.717, 1.165) is 11.8 Å². The molecule has 0 saturated carbocycles. The zero-order chi connectivity index (χ0) is 11.6. The quantitative estimate of drug-likeness (QED) is 0.358. The van der Waals surface area contributed by atoms with Gasteiger partial charge in [0.15, 0.2) is 0 Å². The smallest absolute Gasteiger partial charge is 0.245 e. The molecule has 0 spiro atoms. The van der Waals surface area contributed by atoms with E-state index in [0.29, 0.717) is 5.75 Å². The number of thioether (sulfide) groups is 1. The highest BCUT2D eigenvalue weighted by atomic mass is 32.2. The molecule has 1 fully saturated rings. The molecule has 1 heterocycles. The summed E-state index contributed by atoms with van der Waals surface area (Å²) in [5.41, 5.74) is 0. The molecule has 0 aromatic heterocycles. The normalized spacial score (nSPS) is 46.8. The Hall–Kier alpha value is 0.110. The van der Waals surface area contributed by atoms with Gasteiger partial charge in [0.2, 0.25) is 5.12 Å². The van der Waals surface area contributed by atoms with Crippen LogP contribution >= 0.6 is 11.8 Å². The molecule has 1 aliphatic heterocycles. The van der Waals surface area contributed by atoms with Gasteiger partial charge < -0.3 is 30.3 Å². The van der Waals surface area contributed by atoms with Crippen molar-refractivity contribution in [3.8, 4) is 0 Å². The molecule has 0 aromatic carbocycles. The van der Waals surface area contributed by atoms with E-state index in [4.69, 9.17) is 9.84 Å². The van der Waals surface area contributed by atoms with E-state index in [9.17, 15) is 20.4 Å². The van der Waals surface area contributed by atoms with Gasteiger partial charge in [-0.1, -0.05) is 18.7 Å². The van der Waals surface area contributed by atoms with Crippen molar-refractivity contribution in [3.05, 3.63) is 0 Å². The summed E-state index contributed by atoms with van der Waals surface area (Å²) >= 11 is 0.889. The van der Waals surface area contributed by atoms with Gasteiger partial charge in [0.1, 0.15) is 24.4 Å². The highest BCUT2D eigenvalue weighted by Crippen LogP contribution is 2.36. The van der Waals surface area contributed by atoms with Gasteiger partial charge in [0.05, 0.1) is 6.61 Å². The van der Waals surface area contributed by atoms with E-state index >= 15 is 0 Å². The lowest BCUT2D eigenvalue weighted by Gasteiger charge is -2.44. The van der Waals surface area contributed by atoms with Crippen LogP contribution in [0.25, 0.3) is 0 Å². The molecule has 15 heavy (non-hydrogen) atoms. The van der Waals surface area contributed by atoms with E-state index in [-0.39, 0.29) is 0 Å². The average molecular weight is 240 g/mol. The molecule has 6 nitrogen and oxygen atoms in total. The van der Waals surface area contributed by atoms with E-state index in [1.165, 1.54) is 0 Å². The van der Waals surface area contributed by atoms with Gasteiger partial charge in [-0.05, 0) is 5.75 Å². The van der Waals surface area contributed by atoms with Crippen LogP contribution in [-0.2, 0) is 4.74 Å². The summed E-state index contributed by atoms with van der Waals surface area (Å²) in [5.74, 6) is 0.453. The molecule has 1 aliphatic rings. The van der Waals surface area contributed by atoms with Crippen molar-refractivity contribution >= 4 is 11.8 Å². The highest BCUT2D eigenvalue weighted by molar-refractivity contribution is 8.00. The highest BCUT2D eigenvalue weighted by Gasteiger charge is 2.52. The Morgan fingerprint density at radius 2 is 1.87 bits per heavy atom. The molecule has 0 aliphatic carbocycles. The Balaban J connectivity index is 2.82. The molecule has 0 amide bonds. The van der Waals surface area contributed by atoms with Crippen molar-refractivity contribution in [1.82, 2.24) is 0 Å². The molecule has 0 aromatic rings. The molecular formula is C8H16O6S. The molecule has 90 valence electrons. The van der Waals surface area contributed by atoms with Crippen molar-refractivity contribution in [2.45, 2.75) is 36.5 Å². The summed E-state index contributed by atoms with van der Waals surface area (Å²) in [6.07, 6.45) is -5.67. The summed E-state index contributed by atoms with van der Waals surface area (Å²) in [4.78, 5) is 0. The zero-order valence-electron chi connectivity index (χ0n) is 8.28. The third-order valence-corrected chi connectivity index (χ3v) is 3.32. The lowest BCUT2D eigenvalue weighted by atomic mass is 9.99.